The second-order valence-corrected chi connectivity index (χ2v) is 4.59. The maximum Gasteiger partial charge on any atom is 0.161 e. The normalized spacial score (nSPS) is 12.2. The summed E-state index contributed by atoms with van der Waals surface area (Å²) in [4.78, 5) is 3.99. The first-order valence-electron chi connectivity index (χ1n) is 6.65. The Kier molecular flexibility index (Phi) is 5.01. The second-order valence-electron chi connectivity index (χ2n) is 4.59. The van der Waals surface area contributed by atoms with Gasteiger partial charge in [-0.05, 0) is 31.0 Å². The number of hydrogen-bond acceptors (Lipinski definition) is 4. The number of aliphatic hydroxyl groups is 1. The van der Waals surface area contributed by atoms with Crippen LogP contribution in [0.1, 0.15) is 25.0 Å². The van der Waals surface area contributed by atoms with Gasteiger partial charge in [0.2, 0.25) is 0 Å². The Hall–Kier alpha value is -2.01. The van der Waals surface area contributed by atoms with Crippen molar-refractivity contribution in [2.45, 2.75) is 26.0 Å². The molecule has 0 saturated carbocycles. The minimum Gasteiger partial charge on any atom is -0.493 e. The van der Waals surface area contributed by atoms with Crippen LogP contribution in [0.2, 0.25) is 0 Å². The molecule has 1 aromatic carbocycles. The molecule has 0 unspecified atom stereocenters. The molecule has 5 heteroatoms. The number of ether oxygens (including phenoxy) is 2. The van der Waals surface area contributed by atoms with Crippen LogP contribution in [-0.4, -0.2) is 28.4 Å². The number of imidazole rings is 1. The van der Waals surface area contributed by atoms with Crippen LogP contribution in [0.5, 0.6) is 11.5 Å². The molecule has 1 heterocycles. The van der Waals surface area contributed by atoms with E-state index in [-0.39, 0.29) is 0 Å². The van der Waals surface area contributed by atoms with Crippen molar-refractivity contribution in [2.24, 2.45) is 0 Å². The number of rotatable bonds is 7. The quantitative estimate of drug-likeness (QED) is 0.789. The van der Waals surface area contributed by atoms with Gasteiger partial charge in [-0.1, -0.05) is 6.07 Å². The Bertz CT molecular complexity index is 524. The highest BCUT2D eigenvalue weighted by Gasteiger charge is 2.08. The summed E-state index contributed by atoms with van der Waals surface area (Å²) in [6.45, 7) is 3.19. The topological polar surface area (TPSA) is 56.5 Å². The van der Waals surface area contributed by atoms with Crippen LogP contribution in [0.15, 0.2) is 36.9 Å². The van der Waals surface area contributed by atoms with Crippen molar-refractivity contribution in [3.8, 4) is 11.5 Å². The van der Waals surface area contributed by atoms with E-state index in [0.717, 1.165) is 18.5 Å². The average molecular weight is 276 g/mol. The molecule has 2 rings (SSSR count). The Labute approximate surface area is 118 Å². The zero-order valence-electron chi connectivity index (χ0n) is 11.8. The Morgan fingerprint density at radius 1 is 1.35 bits per heavy atom. The minimum atomic E-state index is -0.515. The largest absolute Gasteiger partial charge is 0.493 e. The molecule has 0 spiro atoms. The van der Waals surface area contributed by atoms with Crippen LogP contribution < -0.4 is 9.47 Å². The first kappa shape index (κ1) is 14.4. The summed E-state index contributed by atoms with van der Waals surface area (Å²) in [7, 11) is 1.60. The zero-order chi connectivity index (χ0) is 14.4. The third-order valence-electron chi connectivity index (χ3n) is 3.05. The highest BCUT2D eigenvalue weighted by molar-refractivity contribution is 5.43. The highest BCUT2D eigenvalue weighted by Crippen LogP contribution is 2.30. The van der Waals surface area contributed by atoms with Gasteiger partial charge < -0.3 is 19.1 Å². The molecular formula is C15H20N2O3. The average Bonchev–Trinajstić information content (AvgIpc) is 2.96. The van der Waals surface area contributed by atoms with Gasteiger partial charge in [0.1, 0.15) is 0 Å². The summed E-state index contributed by atoms with van der Waals surface area (Å²) in [6.07, 6.45) is 5.85. The lowest BCUT2D eigenvalue weighted by Gasteiger charge is -2.13. The molecule has 0 aliphatic heterocycles. The molecule has 20 heavy (non-hydrogen) atoms. The summed E-state index contributed by atoms with van der Waals surface area (Å²) in [5.74, 6) is 1.34. The van der Waals surface area contributed by atoms with Gasteiger partial charge in [0.15, 0.2) is 11.5 Å². The molecule has 0 radical (unpaired) electrons. The summed E-state index contributed by atoms with van der Waals surface area (Å²) in [5.41, 5.74) is 0.813. The van der Waals surface area contributed by atoms with Gasteiger partial charge in [0.25, 0.3) is 0 Å². The maximum atomic E-state index is 9.55. The van der Waals surface area contributed by atoms with Crippen LogP contribution in [0.4, 0.5) is 0 Å². The predicted octanol–water partition coefficient (Wildman–Crippen LogP) is 2.41. The lowest BCUT2D eigenvalue weighted by Crippen LogP contribution is -2.04. The van der Waals surface area contributed by atoms with Gasteiger partial charge in [-0.2, -0.15) is 0 Å². The van der Waals surface area contributed by atoms with Crippen LogP contribution in [0.3, 0.4) is 0 Å². The predicted molar refractivity (Wildman–Crippen MR) is 76.0 cm³/mol. The highest BCUT2D eigenvalue weighted by atomic mass is 16.5. The minimum absolute atomic E-state index is 0.515. The van der Waals surface area contributed by atoms with E-state index in [9.17, 15) is 5.11 Å². The lowest BCUT2D eigenvalue weighted by molar-refractivity contribution is 0.198. The number of hydrogen-bond donors (Lipinski definition) is 1. The van der Waals surface area contributed by atoms with Gasteiger partial charge >= 0.3 is 0 Å². The van der Waals surface area contributed by atoms with Crippen molar-refractivity contribution in [1.82, 2.24) is 9.55 Å². The van der Waals surface area contributed by atoms with Gasteiger partial charge in [0.05, 0.1) is 26.1 Å². The first-order valence-corrected chi connectivity index (χ1v) is 6.65. The fourth-order valence-electron chi connectivity index (χ4n) is 1.91. The molecule has 108 valence electrons. The van der Waals surface area contributed by atoms with Crippen LogP contribution in [-0.2, 0) is 6.54 Å². The zero-order valence-corrected chi connectivity index (χ0v) is 11.8. The maximum absolute atomic E-state index is 9.55. The fourth-order valence-corrected chi connectivity index (χ4v) is 1.91. The van der Waals surface area contributed by atoms with Crippen LogP contribution >= 0.6 is 0 Å². The number of methoxy groups -OCH3 is 1. The van der Waals surface area contributed by atoms with E-state index in [4.69, 9.17) is 9.47 Å². The van der Waals surface area contributed by atoms with E-state index in [1.165, 1.54) is 0 Å². The van der Waals surface area contributed by atoms with Crippen molar-refractivity contribution in [3.05, 3.63) is 42.5 Å². The molecule has 5 nitrogen and oxygen atoms in total. The lowest BCUT2D eigenvalue weighted by atomic mass is 10.1. The monoisotopic (exact) mass is 276 g/mol. The number of aliphatic hydroxyl groups excluding tert-OH is 1. The summed E-state index contributed by atoms with van der Waals surface area (Å²) in [6, 6.07) is 5.48. The van der Waals surface area contributed by atoms with E-state index in [1.54, 1.807) is 32.6 Å². The molecule has 0 aliphatic carbocycles. The third-order valence-corrected chi connectivity index (χ3v) is 3.05. The number of aryl methyl sites for hydroxylation is 1. The van der Waals surface area contributed by atoms with E-state index in [2.05, 4.69) is 4.98 Å². The molecule has 0 amide bonds. The van der Waals surface area contributed by atoms with Crippen LogP contribution in [0.25, 0.3) is 0 Å². The van der Waals surface area contributed by atoms with Crippen molar-refractivity contribution < 1.29 is 14.6 Å². The molecule has 0 fully saturated rings. The van der Waals surface area contributed by atoms with E-state index in [1.807, 2.05) is 22.9 Å². The van der Waals surface area contributed by atoms with Crippen molar-refractivity contribution in [2.75, 3.05) is 13.7 Å². The van der Waals surface area contributed by atoms with E-state index >= 15 is 0 Å². The summed E-state index contributed by atoms with van der Waals surface area (Å²) >= 11 is 0. The summed E-state index contributed by atoms with van der Waals surface area (Å²) < 4.78 is 13.0. The van der Waals surface area contributed by atoms with Gasteiger partial charge in [-0.25, -0.2) is 4.98 Å². The Morgan fingerprint density at radius 2 is 2.20 bits per heavy atom. The van der Waals surface area contributed by atoms with Crippen molar-refractivity contribution in [3.63, 3.8) is 0 Å². The Morgan fingerprint density at radius 3 is 2.85 bits per heavy atom. The molecule has 0 bridgehead atoms. The fraction of sp³-hybridized carbons (Fsp3) is 0.400. The molecule has 0 saturated heterocycles. The van der Waals surface area contributed by atoms with Gasteiger partial charge in [-0.3, -0.25) is 0 Å². The van der Waals surface area contributed by atoms with E-state index in [0.29, 0.717) is 18.1 Å². The molecule has 0 aliphatic rings. The van der Waals surface area contributed by atoms with Crippen molar-refractivity contribution >= 4 is 0 Å². The van der Waals surface area contributed by atoms with Gasteiger partial charge in [-0.15, -0.1) is 0 Å². The van der Waals surface area contributed by atoms with E-state index < -0.39 is 6.10 Å². The third kappa shape index (κ3) is 3.74. The van der Waals surface area contributed by atoms with Crippen LogP contribution in [0, 0.1) is 0 Å². The Balaban J connectivity index is 1.88. The molecule has 1 aromatic heterocycles. The molecule has 1 N–H and O–H groups in total. The standard InChI is InChI=1S/C15H20N2O3/c1-12(18)13-4-5-14(15(10-13)19-2)20-9-3-7-17-8-6-16-11-17/h4-6,8,10-12,18H,3,7,9H2,1-2H3/t12-/m0/s1. The second kappa shape index (κ2) is 6.96. The number of aromatic nitrogens is 2. The summed E-state index contributed by atoms with van der Waals surface area (Å²) in [5, 5.41) is 9.55. The van der Waals surface area contributed by atoms with Crippen molar-refractivity contribution in [1.29, 1.82) is 0 Å². The molecule has 1 atom stereocenters. The number of nitrogens with zero attached hydrogens (tertiary/aromatic N) is 2. The number of benzene rings is 1. The smallest absolute Gasteiger partial charge is 0.161 e. The first-order chi connectivity index (χ1) is 9.70. The molecule has 2 aromatic rings. The SMILES string of the molecule is COc1cc([C@H](C)O)ccc1OCCCn1ccnc1. The molecular weight excluding hydrogens is 256 g/mol. The van der Waals surface area contributed by atoms with Gasteiger partial charge in [0, 0.05) is 18.9 Å².